The van der Waals surface area contributed by atoms with Crippen molar-refractivity contribution in [3.05, 3.63) is 17.0 Å². The van der Waals surface area contributed by atoms with Gasteiger partial charge in [0, 0.05) is 6.20 Å². The van der Waals surface area contributed by atoms with Crippen molar-refractivity contribution < 1.29 is 20.1 Å². The fourth-order valence-corrected chi connectivity index (χ4v) is 2.71. The van der Waals surface area contributed by atoms with Crippen LogP contribution < -0.4 is 5.73 Å². The summed E-state index contributed by atoms with van der Waals surface area (Å²) in [4.78, 5) is 7.80. The molecule has 0 radical (unpaired) electrons. The van der Waals surface area contributed by atoms with E-state index in [-0.39, 0.29) is 27.7 Å². The van der Waals surface area contributed by atoms with E-state index in [1.807, 2.05) is 6.07 Å². The lowest BCUT2D eigenvalue weighted by Gasteiger charge is -2.17. The van der Waals surface area contributed by atoms with Crippen LogP contribution in [-0.2, 0) is 4.74 Å². The minimum absolute atomic E-state index is 0.0250. The molecule has 0 aromatic carbocycles. The fraction of sp³-hybridized carbons (Fsp3) is 0.417. The number of nitrogens with zero attached hydrogens (tertiary/aromatic N) is 4. The number of nitrogens with two attached hydrogens (primary N) is 1. The minimum atomic E-state index is -1.31. The Bertz CT molecular complexity index is 773. The van der Waals surface area contributed by atoms with Gasteiger partial charge in [0.15, 0.2) is 11.9 Å². The molecule has 2 aromatic heterocycles. The number of rotatable bonds is 2. The van der Waals surface area contributed by atoms with Crippen LogP contribution in [0, 0.1) is 11.3 Å². The number of hydrogen-bond donors (Lipinski definition) is 4. The highest BCUT2D eigenvalue weighted by molar-refractivity contribution is 6.28. The number of anilines is 1. The number of nitrogen functional groups attached to an aromatic ring is 1. The van der Waals surface area contributed by atoms with Crippen LogP contribution in [0.2, 0.25) is 5.28 Å². The molecule has 3 rings (SSSR count). The summed E-state index contributed by atoms with van der Waals surface area (Å²) >= 11 is 5.78. The summed E-state index contributed by atoms with van der Waals surface area (Å²) in [5.74, 6) is 0.0250. The first kappa shape index (κ1) is 15.0. The van der Waals surface area contributed by atoms with Crippen LogP contribution in [0.25, 0.3) is 11.0 Å². The molecular formula is C12H12ClN5O4. The second-order valence-corrected chi connectivity index (χ2v) is 5.21. The van der Waals surface area contributed by atoms with E-state index in [1.54, 1.807) is 0 Å². The highest BCUT2D eigenvalue weighted by Gasteiger charge is 2.44. The molecule has 10 heteroatoms. The molecule has 1 aliphatic rings. The minimum Gasteiger partial charge on any atom is -0.394 e. The maximum atomic E-state index is 10.1. The smallest absolute Gasteiger partial charge is 0.226 e. The molecule has 4 unspecified atom stereocenters. The lowest BCUT2D eigenvalue weighted by Crippen LogP contribution is -2.33. The summed E-state index contributed by atoms with van der Waals surface area (Å²) in [5, 5.41) is 38.4. The fourth-order valence-electron chi connectivity index (χ4n) is 2.54. The Morgan fingerprint density at radius 1 is 1.41 bits per heavy atom. The highest BCUT2D eigenvalue weighted by Crippen LogP contribution is 2.34. The second-order valence-electron chi connectivity index (χ2n) is 4.87. The van der Waals surface area contributed by atoms with Gasteiger partial charge in [0.05, 0.1) is 17.6 Å². The van der Waals surface area contributed by atoms with Gasteiger partial charge in [-0.15, -0.1) is 0 Å². The van der Waals surface area contributed by atoms with E-state index in [1.165, 1.54) is 10.8 Å². The van der Waals surface area contributed by atoms with Crippen LogP contribution in [0.5, 0.6) is 0 Å². The van der Waals surface area contributed by atoms with E-state index in [0.29, 0.717) is 0 Å². The first-order valence-corrected chi connectivity index (χ1v) is 6.71. The summed E-state index contributed by atoms with van der Waals surface area (Å²) < 4.78 is 6.77. The summed E-state index contributed by atoms with van der Waals surface area (Å²) in [6.45, 7) is -0.461. The van der Waals surface area contributed by atoms with Gasteiger partial charge < -0.3 is 30.4 Å². The van der Waals surface area contributed by atoms with Gasteiger partial charge >= 0.3 is 0 Å². The van der Waals surface area contributed by atoms with Crippen molar-refractivity contribution in [3.63, 3.8) is 0 Å². The largest absolute Gasteiger partial charge is 0.394 e. The predicted molar refractivity (Wildman–Crippen MR) is 74.7 cm³/mol. The van der Waals surface area contributed by atoms with Crippen molar-refractivity contribution >= 4 is 28.5 Å². The average Bonchev–Trinajstić information content (AvgIpc) is 2.98. The zero-order valence-corrected chi connectivity index (χ0v) is 11.8. The molecule has 1 aliphatic heterocycles. The van der Waals surface area contributed by atoms with Crippen molar-refractivity contribution in [2.24, 2.45) is 0 Å². The van der Waals surface area contributed by atoms with E-state index in [4.69, 9.17) is 27.2 Å². The topological polar surface area (TPSA) is 150 Å². The van der Waals surface area contributed by atoms with Gasteiger partial charge in [-0.05, 0) is 11.6 Å². The molecule has 0 aliphatic carbocycles. The number of halogens is 1. The monoisotopic (exact) mass is 325 g/mol. The molecule has 1 saturated heterocycles. The molecule has 0 bridgehead atoms. The van der Waals surface area contributed by atoms with Crippen molar-refractivity contribution in [3.8, 4) is 6.07 Å². The lowest BCUT2D eigenvalue weighted by molar-refractivity contribution is -0.0508. The molecule has 1 fully saturated rings. The molecule has 116 valence electrons. The maximum absolute atomic E-state index is 10.1. The van der Waals surface area contributed by atoms with Crippen molar-refractivity contribution in [1.29, 1.82) is 5.26 Å². The lowest BCUT2D eigenvalue weighted by atomic mass is 10.1. The Balaban J connectivity index is 2.18. The Hall–Kier alpha value is -1.96. The number of aliphatic hydroxyl groups excluding tert-OH is 3. The van der Waals surface area contributed by atoms with Crippen molar-refractivity contribution in [2.45, 2.75) is 24.5 Å². The summed E-state index contributed by atoms with van der Waals surface area (Å²) in [6.07, 6.45) is -3.19. The van der Waals surface area contributed by atoms with Crippen molar-refractivity contribution in [1.82, 2.24) is 14.5 Å². The van der Waals surface area contributed by atoms with Gasteiger partial charge in [-0.2, -0.15) is 10.2 Å². The maximum Gasteiger partial charge on any atom is 0.226 e. The van der Waals surface area contributed by atoms with Gasteiger partial charge in [0.1, 0.15) is 30.2 Å². The molecule has 4 atom stereocenters. The molecule has 3 heterocycles. The number of aromatic nitrogens is 3. The molecule has 2 aromatic rings. The molecule has 22 heavy (non-hydrogen) atoms. The zero-order valence-electron chi connectivity index (χ0n) is 11.1. The molecular weight excluding hydrogens is 314 g/mol. The van der Waals surface area contributed by atoms with Crippen LogP contribution >= 0.6 is 11.6 Å². The number of hydrogen-bond acceptors (Lipinski definition) is 8. The Labute approximate surface area is 129 Å². The Kier molecular flexibility index (Phi) is 3.64. The van der Waals surface area contributed by atoms with E-state index in [0.717, 1.165) is 0 Å². The van der Waals surface area contributed by atoms with Crippen LogP contribution in [0.15, 0.2) is 6.20 Å². The predicted octanol–water partition coefficient (Wildman–Crippen LogP) is -0.850. The quantitative estimate of drug-likeness (QED) is 0.521. The first-order chi connectivity index (χ1) is 10.5. The van der Waals surface area contributed by atoms with Crippen molar-refractivity contribution in [2.75, 3.05) is 12.3 Å². The number of ether oxygens (including phenoxy) is 1. The average molecular weight is 326 g/mol. The summed E-state index contributed by atoms with van der Waals surface area (Å²) in [6, 6.07) is 1.95. The number of nitriles is 1. The molecule has 0 saturated carbocycles. The van der Waals surface area contributed by atoms with Gasteiger partial charge in [-0.25, -0.2) is 4.98 Å². The van der Waals surface area contributed by atoms with E-state index in [2.05, 4.69) is 9.97 Å². The van der Waals surface area contributed by atoms with E-state index in [9.17, 15) is 15.5 Å². The van der Waals surface area contributed by atoms with Gasteiger partial charge in [-0.3, -0.25) is 0 Å². The van der Waals surface area contributed by atoms with E-state index >= 15 is 0 Å². The zero-order chi connectivity index (χ0) is 16.0. The van der Waals surface area contributed by atoms with Gasteiger partial charge in [0.2, 0.25) is 5.28 Å². The Morgan fingerprint density at radius 2 is 2.14 bits per heavy atom. The second kappa shape index (κ2) is 5.35. The molecule has 0 amide bonds. The van der Waals surface area contributed by atoms with Crippen LogP contribution in [0.3, 0.4) is 0 Å². The Morgan fingerprint density at radius 3 is 2.73 bits per heavy atom. The molecule has 5 N–H and O–H groups in total. The van der Waals surface area contributed by atoms with Gasteiger partial charge in [0.25, 0.3) is 0 Å². The standard InChI is InChI=1S/C12H12ClN5O4/c13-12-16-9(15)6-4(1-14)2-18(10(6)17-12)11-8(21)7(20)5(3-19)22-11/h2,5,7-8,11,19-21H,3H2,(H2,15,16,17). The summed E-state index contributed by atoms with van der Waals surface area (Å²) in [5.41, 5.74) is 6.15. The third-order valence-electron chi connectivity index (χ3n) is 3.58. The van der Waals surface area contributed by atoms with E-state index < -0.39 is 31.1 Å². The van der Waals surface area contributed by atoms with Crippen LogP contribution in [-0.4, -0.2) is 54.8 Å². The van der Waals surface area contributed by atoms with Gasteiger partial charge in [-0.1, -0.05) is 0 Å². The normalized spacial score (nSPS) is 28.1. The SMILES string of the molecule is N#Cc1cn(C2OC(CO)C(O)C2O)c2nc(Cl)nc(N)c12. The number of aliphatic hydroxyl groups is 3. The summed E-state index contributed by atoms with van der Waals surface area (Å²) in [7, 11) is 0. The van der Waals surface area contributed by atoms with Crippen LogP contribution in [0.1, 0.15) is 11.8 Å². The highest BCUT2D eigenvalue weighted by atomic mass is 35.5. The molecule has 9 nitrogen and oxygen atoms in total. The third-order valence-corrected chi connectivity index (χ3v) is 3.75. The number of fused-ring (bicyclic) bond motifs is 1. The van der Waals surface area contributed by atoms with Crippen LogP contribution in [0.4, 0.5) is 5.82 Å². The third kappa shape index (κ3) is 2.09. The molecule has 0 spiro atoms. The first-order valence-electron chi connectivity index (χ1n) is 6.34.